The predicted octanol–water partition coefficient (Wildman–Crippen LogP) is 11.9. The lowest BCUT2D eigenvalue weighted by molar-refractivity contribution is 0.832. The maximum Gasteiger partial charge on any atom is 0.187 e. The van der Waals surface area contributed by atoms with Crippen LogP contribution in [0.3, 0.4) is 0 Å². The predicted molar refractivity (Wildman–Crippen MR) is 238 cm³/mol. The fourth-order valence-corrected chi connectivity index (χ4v) is 7.88. The summed E-state index contributed by atoms with van der Waals surface area (Å²) in [5.74, 6) is 0. The molecule has 10 aromatic rings. The minimum Gasteiger partial charge on any atom is -0.238 e. The van der Waals surface area contributed by atoms with E-state index in [4.69, 9.17) is 35.0 Å². The summed E-state index contributed by atoms with van der Waals surface area (Å²) in [5, 5.41) is 45.6. The second-order valence-electron chi connectivity index (χ2n) is 14.4. The van der Waals surface area contributed by atoms with Crippen LogP contribution in [0.4, 0.5) is 17.1 Å². The minimum absolute atomic E-state index is 0.462. The summed E-state index contributed by atoms with van der Waals surface area (Å²) in [7, 11) is 0. The van der Waals surface area contributed by atoms with Gasteiger partial charge in [-0.15, -0.1) is 0 Å². The minimum atomic E-state index is 0.462. The van der Waals surface area contributed by atoms with Gasteiger partial charge in [0.1, 0.15) is 17.1 Å². The Balaban J connectivity index is 1.47. The monoisotopic (exact) mass is 804 g/mol. The molecule has 10 rings (SSSR count). The van der Waals surface area contributed by atoms with Gasteiger partial charge in [-0.25, -0.2) is 14.5 Å². The molecule has 0 fully saturated rings. The number of nitriles is 3. The van der Waals surface area contributed by atoms with Crippen molar-refractivity contribution in [1.29, 1.82) is 15.8 Å². The fourth-order valence-electron chi connectivity index (χ4n) is 7.88. The quantitative estimate of drug-likeness (QED) is 0.153. The Labute approximate surface area is 359 Å². The summed E-state index contributed by atoms with van der Waals surface area (Å²) < 4.78 is 5.45. The van der Waals surface area contributed by atoms with Gasteiger partial charge in [-0.2, -0.15) is 44.6 Å². The largest absolute Gasteiger partial charge is 0.238 e. The Morgan fingerprint density at radius 2 is 0.556 bits per heavy atom. The van der Waals surface area contributed by atoms with E-state index >= 15 is 0 Å². The molecule has 63 heavy (non-hydrogen) atoms. The average molecular weight is 805 g/mol. The third-order valence-electron chi connectivity index (χ3n) is 10.9. The first-order valence-electron chi connectivity index (χ1n) is 19.3. The van der Waals surface area contributed by atoms with E-state index in [9.17, 15) is 15.8 Å². The van der Waals surface area contributed by atoms with Gasteiger partial charge in [0, 0.05) is 16.7 Å². The maximum absolute atomic E-state index is 9.80. The van der Waals surface area contributed by atoms with Crippen LogP contribution in [0.15, 0.2) is 146 Å². The average Bonchev–Trinajstić information content (AvgIpc) is 4.07. The molecule has 4 aromatic heterocycles. The van der Waals surface area contributed by atoms with Crippen molar-refractivity contribution in [3.63, 3.8) is 0 Å². The molecule has 0 saturated carbocycles. The zero-order chi connectivity index (χ0) is 43.2. The fraction of sp³-hybridized carbons (Fsp3) is 0. The molecule has 0 unspecified atom stereocenters. The van der Waals surface area contributed by atoms with Gasteiger partial charge >= 0.3 is 0 Å². The SMILES string of the molecule is [C-]#[N+]c1ccc(-c2nn3c(c2-c2ccc(C#N)cc2)n2nc(-c4ccc(C#N)cc4)c(-c4ccc(C#N)cc4)c2n2nc(-c4ccc([N+]#[C-])cc4)c(-c4ccc([N+]#[C-])cc4)c23)cc1. The first kappa shape index (κ1) is 37.2. The van der Waals surface area contributed by atoms with E-state index in [0.29, 0.717) is 84.5 Å². The molecular formula is C51H24N12. The molecule has 0 radical (unpaired) electrons. The van der Waals surface area contributed by atoms with E-state index in [2.05, 4.69) is 32.7 Å². The van der Waals surface area contributed by atoms with Crippen LogP contribution < -0.4 is 0 Å². The molecular weight excluding hydrogens is 781 g/mol. The number of rotatable bonds is 6. The highest BCUT2D eigenvalue weighted by molar-refractivity contribution is 6.01. The van der Waals surface area contributed by atoms with Crippen LogP contribution in [-0.4, -0.2) is 28.8 Å². The van der Waals surface area contributed by atoms with Gasteiger partial charge in [-0.1, -0.05) is 109 Å². The number of hydrogen-bond donors (Lipinski definition) is 0. The lowest BCUT2D eigenvalue weighted by atomic mass is 9.99. The molecule has 0 N–H and O–H groups in total. The van der Waals surface area contributed by atoms with Crippen LogP contribution in [0.5, 0.6) is 0 Å². The molecule has 6 aromatic carbocycles. The molecule has 288 valence electrons. The third-order valence-corrected chi connectivity index (χ3v) is 10.9. The van der Waals surface area contributed by atoms with E-state index in [0.717, 1.165) is 33.4 Å². The van der Waals surface area contributed by atoms with Crippen molar-refractivity contribution in [2.24, 2.45) is 0 Å². The Bertz CT molecular complexity index is 3310. The standard InChI is InChI=1S/C51H24N12/c1-55-40-22-16-36(17-23-40)45-48(39-20-26-42(57-3)27-21-39)60-62-49-43(34-10-4-31(28-52)5-11-34)46(37-14-8-33(30-54)9-15-37)58-61(49)50-44(35-12-6-32(29-53)7-13-35)47(59-63(50)51(45)62)38-18-24-41(56-2)25-19-38/h4-27H. The second-order valence-corrected chi connectivity index (χ2v) is 14.4. The molecule has 0 atom stereocenters. The molecule has 0 aliphatic rings. The normalized spacial score (nSPS) is 10.8. The van der Waals surface area contributed by atoms with Crippen LogP contribution in [0.25, 0.3) is 98.6 Å². The van der Waals surface area contributed by atoms with Crippen LogP contribution in [0.1, 0.15) is 16.7 Å². The zero-order valence-electron chi connectivity index (χ0n) is 32.7. The molecule has 0 amide bonds. The Hall–Kier alpha value is -10.1. The van der Waals surface area contributed by atoms with Gasteiger partial charge in [0.15, 0.2) is 34.0 Å². The first-order valence-corrected chi connectivity index (χ1v) is 19.3. The van der Waals surface area contributed by atoms with Crippen molar-refractivity contribution in [2.45, 2.75) is 0 Å². The topological polar surface area (TPSA) is 136 Å². The molecule has 0 aliphatic heterocycles. The van der Waals surface area contributed by atoms with Gasteiger partial charge in [0.25, 0.3) is 0 Å². The Morgan fingerprint density at radius 3 is 0.794 bits per heavy atom. The van der Waals surface area contributed by atoms with Crippen molar-refractivity contribution >= 4 is 34.0 Å². The van der Waals surface area contributed by atoms with Crippen molar-refractivity contribution < 1.29 is 0 Å². The van der Waals surface area contributed by atoms with Gasteiger partial charge in [-0.3, -0.25) is 0 Å². The summed E-state index contributed by atoms with van der Waals surface area (Å²) in [5.41, 5.74) is 12.6. The highest BCUT2D eigenvalue weighted by atomic mass is 15.5. The highest BCUT2D eigenvalue weighted by Gasteiger charge is 2.31. The number of hydrogen-bond acceptors (Lipinski definition) is 6. The smallest absolute Gasteiger partial charge is 0.187 e. The second kappa shape index (κ2) is 14.9. The van der Waals surface area contributed by atoms with Gasteiger partial charge in [-0.05, 0) is 53.1 Å². The van der Waals surface area contributed by atoms with E-state index in [1.54, 1.807) is 72.8 Å². The van der Waals surface area contributed by atoms with Crippen molar-refractivity contribution in [2.75, 3.05) is 0 Å². The van der Waals surface area contributed by atoms with Crippen molar-refractivity contribution in [3.05, 3.63) is 197 Å². The van der Waals surface area contributed by atoms with Gasteiger partial charge in [0.2, 0.25) is 0 Å². The van der Waals surface area contributed by atoms with Crippen LogP contribution >= 0.6 is 0 Å². The summed E-state index contributed by atoms with van der Waals surface area (Å²) in [6.45, 7) is 23.0. The lowest BCUT2D eigenvalue weighted by Gasteiger charge is -2.10. The first-order chi connectivity index (χ1) is 30.9. The number of fused-ring (bicyclic) bond motifs is 6. The van der Waals surface area contributed by atoms with Gasteiger partial charge in [0.05, 0.1) is 71.3 Å². The molecule has 4 heterocycles. The summed E-state index contributed by atoms with van der Waals surface area (Å²) in [6, 6.07) is 50.0. The summed E-state index contributed by atoms with van der Waals surface area (Å²) in [4.78, 5) is 10.9. The Morgan fingerprint density at radius 1 is 0.333 bits per heavy atom. The van der Waals surface area contributed by atoms with Crippen LogP contribution in [0, 0.1) is 53.7 Å². The van der Waals surface area contributed by atoms with E-state index < -0.39 is 0 Å². The number of benzene rings is 6. The van der Waals surface area contributed by atoms with Crippen LogP contribution in [0.2, 0.25) is 0 Å². The molecule has 0 aliphatic carbocycles. The maximum atomic E-state index is 9.80. The lowest BCUT2D eigenvalue weighted by Crippen LogP contribution is -2.06. The summed E-state index contributed by atoms with van der Waals surface area (Å²) in [6.07, 6.45) is 0. The molecule has 0 saturated heterocycles. The number of aromatic nitrogens is 6. The van der Waals surface area contributed by atoms with Crippen molar-refractivity contribution in [3.8, 4) is 85.4 Å². The number of nitrogens with zero attached hydrogens (tertiary/aromatic N) is 12. The van der Waals surface area contributed by atoms with Crippen molar-refractivity contribution in [1.82, 2.24) is 28.8 Å². The van der Waals surface area contributed by atoms with Crippen LogP contribution in [-0.2, 0) is 0 Å². The molecule has 0 spiro atoms. The highest BCUT2D eigenvalue weighted by Crippen LogP contribution is 2.45. The third kappa shape index (κ3) is 6.07. The molecule has 12 nitrogen and oxygen atoms in total. The van der Waals surface area contributed by atoms with E-state index in [1.807, 2.05) is 86.3 Å². The summed E-state index contributed by atoms with van der Waals surface area (Å²) >= 11 is 0. The molecule has 12 heteroatoms. The molecule has 0 bridgehead atoms. The Kier molecular flexibility index (Phi) is 8.81. The van der Waals surface area contributed by atoms with Gasteiger partial charge < -0.3 is 0 Å². The zero-order valence-corrected chi connectivity index (χ0v) is 32.7. The van der Waals surface area contributed by atoms with E-state index in [1.165, 1.54) is 0 Å². The van der Waals surface area contributed by atoms with E-state index in [-0.39, 0.29) is 0 Å².